The largest absolute Gasteiger partial charge is 0.350 e. The summed E-state index contributed by atoms with van der Waals surface area (Å²) in [5.74, 6) is -0.253. The minimum atomic E-state index is -0.153. The molecule has 0 saturated carbocycles. The van der Waals surface area contributed by atoms with Crippen LogP contribution in [-0.2, 0) is 11.2 Å². The van der Waals surface area contributed by atoms with Crippen LogP contribution in [0.5, 0.6) is 0 Å². The van der Waals surface area contributed by atoms with E-state index >= 15 is 0 Å². The highest BCUT2D eigenvalue weighted by atomic mass is 16.2. The van der Waals surface area contributed by atoms with E-state index < -0.39 is 0 Å². The zero-order valence-electron chi connectivity index (χ0n) is 16.5. The van der Waals surface area contributed by atoms with Crippen molar-refractivity contribution < 1.29 is 9.59 Å². The average Bonchev–Trinajstić information content (AvgIpc) is 2.60. The molecule has 27 heavy (non-hydrogen) atoms. The molecule has 4 heteroatoms. The van der Waals surface area contributed by atoms with E-state index in [1.54, 1.807) is 18.2 Å². The van der Waals surface area contributed by atoms with Crippen molar-refractivity contribution in [3.63, 3.8) is 0 Å². The first kappa shape index (κ1) is 20.4. The van der Waals surface area contributed by atoms with Gasteiger partial charge in [0.1, 0.15) is 0 Å². The summed E-state index contributed by atoms with van der Waals surface area (Å²) in [5.41, 5.74) is 4.43. The van der Waals surface area contributed by atoms with Gasteiger partial charge in [-0.2, -0.15) is 0 Å². The van der Waals surface area contributed by atoms with E-state index in [1.165, 1.54) is 5.56 Å². The lowest BCUT2D eigenvalue weighted by atomic mass is 10.1. The normalized spacial score (nSPS) is 11.4. The van der Waals surface area contributed by atoms with E-state index in [9.17, 15) is 9.59 Å². The smallest absolute Gasteiger partial charge is 0.251 e. The third-order valence-corrected chi connectivity index (χ3v) is 4.19. The molecule has 0 spiro atoms. The molecule has 0 radical (unpaired) electrons. The number of anilines is 1. The van der Waals surface area contributed by atoms with Crippen LogP contribution in [0, 0.1) is 6.92 Å². The van der Waals surface area contributed by atoms with Crippen molar-refractivity contribution in [2.45, 2.75) is 46.6 Å². The number of aryl methyl sites for hydroxylation is 2. The summed E-state index contributed by atoms with van der Waals surface area (Å²) < 4.78 is 0. The third kappa shape index (κ3) is 6.74. The molecule has 0 unspecified atom stereocenters. The van der Waals surface area contributed by atoms with Crippen LogP contribution in [0.3, 0.4) is 0 Å². The molecule has 0 aliphatic rings. The fourth-order valence-corrected chi connectivity index (χ4v) is 2.80. The number of nitrogens with one attached hydrogen (secondary N) is 2. The first-order valence-electron chi connectivity index (χ1n) is 9.28. The topological polar surface area (TPSA) is 58.2 Å². The third-order valence-electron chi connectivity index (χ3n) is 4.19. The van der Waals surface area contributed by atoms with Crippen molar-refractivity contribution in [1.82, 2.24) is 5.32 Å². The Morgan fingerprint density at radius 3 is 2.41 bits per heavy atom. The lowest BCUT2D eigenvalue weighted by Gasteiger charge is -2.12. The van der Waals surface area contributed by atoms with E-state index in [4.69, 9.17) is 0 Å². The second-order valence-electron chi connectivity index (χ2n) is 7.12. The summed E-state index contributed by atoms with van der Waals surface area (Å²) in [7, 11) is 0. The van der Waals surface area contributed by atoms with Crippen molar-refractivity contribution in [2.75, 3.05) is 5.32 Å². The van der Waals surface area contributed by atoms with Crippen LogP contribution in [-0.4, -0.2) is 17.9 Å². The Kier molecular flexibility index (Phi) is 7.35. The summed E-state index contributed by atoms with van der Waals surface area (Å²) in [6, 6.07) is 15.6. The lowest BCUT2D eigenvalue weighted by Crippen LogP contribution is -2.30. The fourth-order valence-electron chi connectivity index (χ4n) is 2.80. The van der Waals surface area contributed by atoms with Gasteiger partial charge in [-0.05, 0) is 69.9 Å². The van der Waals surface area contributed by atoms with Crippen molar-refractivity contribution in [3.8, 4) is 0 Å². The molecule has 142 valence electrons. The maximum absolute atomic E-state index is 12.2. The van der Waals surface area contributed by atoms with Gasteiger partial charge in [0.25, 0.3) is 5.91 Å². The van der Waals surface area contributed by atoms with Gasteiger partial charge in [-0.25, -0.2) is 0 Å². The van der Waals surface area contributed by atoms with Crippen molar-refractivity contribution in [1.29, 1.82) is 0 Å². The maximum Gasteiger partial charge on any atom is 0.251 e. The standard InChI is InChI=1S/C23H28N2O2/c1-16(2)24-23(27)21-13-12-20(15-18(21)4)25-22(26)14-17(3)10-11-19-8-6-5-7-9-19/h5-9,12-16H,10-11H2,1-4H3,(H,24,27)(H,25,26)/b17-14-. The molecule has 0 bridgehead atoms. The van der Waals surface area contributed by atoms with E-state index in [-0.39, 0.29) is 17.9 Å². The van der Waals surface area contributed by atoms with E-state index in [1.807, 2.05) is 52.0 Å². The lowest BCUT2D eigenvalue weighted by molar-refractivity contribution is -0.112. The van der Waals surface area contributed by atoms with Crippen LogP contribution in [0.1, 0.15) is 48.7 Å². The summed E-state index contributed by atoms with van der Waals surface area (Å²) in [6.45, 7) is 7.68. The Morgan fingerprint density at radius 2 is 1.78 bits per heavy atom. The molecule has 0 atom stereocenters. The first-order valence-corrected chi connectivity index (χ1v) is 9.28. The van der Waals surface area contributed by atoms with Gasteiger partial charge in [0.2, 0.25) is 5.91 Å². The first-order chi connectivity index (χ1) is 12.8. The number of hydrogen-bond acceptors (Lipinski definition) is 2. The Balaban J connectivity index is 1.94. The molecule has 0 aliphatic carbocycles. The summed E-state index contributed by atoms with van der Waals surface area (Å²) >= 11 is 0. The number of carbonyl (C=O) groups excluding carboxylic acids is 2. The van der Waals surface area contributed by atoms with Gasteiger partial charge in [0.05, 0.1) is 0 Å². The molecule has 4 nitrogen and oxygen atoms in total. The zero-order chi connectivity index (χ0) is 19.8. The average molecular weight is 364 g/mol. The maximum atomic E-state index is 12.2. The second-order valence-corrected chi connectivity index (χ2v) is 7.12. The molecule has 2 aromatic carbocycles. The molecule has 2 N–H and O–H groups in total. The zero-order valence-corrected chi connectivity index (χ0v) is 16.5. The summed E-state index contributed by atoms with van der Waals surface area (Å²) in [4.78, 5) is 24.4. The summed E-state index contributed by atoms with van der Waals surface area (Å²) in [5, 5.41) is 5.75. The molecule has 2 aromatic rings. The number of allylic oxidation sites excluding steroid dienone is 1. The molecule has 0 heterocycles. The van der Waals surface area contributed by atoms with Crippen LogP contribution >= 0.6 is 0 Å². The van der Waals surface area contributed by atoms with E-state index in [0.717, 1.165) is 24.0 Å². The van der Waals surface area contributed by atoms with Crippen molar-refractivity contribution in [2.24, 2.45) is 0 Å². The van der Waals surface area contributed by atoms with Gasteiger partial charge in [0.15, 0.2) is 0 Å². The number of hydrogen-bond donors (Lipinski definition) is 2. The van der Waals surface area contributed by atoms with Gasteiger partial charge in [-0.15, -0.1) is 0 Å². The molecular weight excluding hydrogens is 336 g/mol. The molecule has 0 fully saturated rings. The molecule has 0 saturated heterocycles. The molecule has 2 rings (SSSR count). The highest BCUT2D eigenvalue weighted by Gasteiger charge is 2.11. The predicted octanol–water partition coefficient (Wildman–Crippen LogP) is 4.65. The van der Waals surface area contributed by atoms with Crippen molar-refractivity contribution >= 4 is 17.5 Å². The Morgan fingerprint density at radius 1 is 1.07 bits per heavy atom. The minimum Gasteiger partial charge on any atom is -0.350 e. The molecule has 2 amide bonds. The van der Waals surface area contributed by atoms with Crippen LogP contribution < -0.4 is 10.6 Å². The van der Waals surface area contributed by atoms with Crippen LogP contribution in [0.15, 0.2) is 60.2 Å². The summed E-state index contributed by atoms with van der Waals surface area (Å²) in [6.07, 6.45) is 3.39. The quantitative estimate of drug-likeness (QED) is 0.703. The molecule has 0 aliphatic heterocycles. The van der Waals surface area contributed by atoms with E-state index in [2.05, 4.69) is 22.8 Å². The highest BCUT2D eigenvalue weighted by Crippen LogP contribution is 2.16. The van der Waals surface area contributed by atoms with Crippen LogP contribution in [0.2, 0.25) is 0 Å². The Hall–Kier alpha value is -2.88. The molecule has 0 aromatic heterocycles. The second kappa shape index (κ2) is 9.72. The monoisotopic (exact) mass is 364 g/mol. The number of amides is 2. The van der Waals surface area contributed by atoms with Gasteiger partial charge >= 0.3 is 0 Å². The van der Waals surface area contributed by atoms with Crippen molar-refractivity contribution in [3.05, 3.63) is 76.9 Å². The molecular formula is C23H28N2O2. The van der Waals surface area contributed by atoms with Gasteiger partial charge < -0.3 is 10.6 Å². The fraction of sp³-hybridized carbons (Fsp3) is 0.304. The Bertz CT molecular complexity index is 824. The minimum absolute atomic E-state index is 0.0836. The van der Waals surface area contributed by atoms with Gasteiger partial charge in [-0.3, -0.25) is 9.59 Å². The number of carbonyl (C=O) groups is 2. The SMILES string of the molecule is C/C(=C/C(=O)Nc1ccc(C(=O)NC(C)C)c(C)c1)CCc1ccccc1. The Labute approximate surface area is 161 Å². The van der Waals surface area contributed by atoms with Crippen LogP contribution in [0.25, 0.3) is 0 Å². The van der Waals surface area contributed by atoms with Gasteiger partial charge in [0, 0.05) is 23.4 Å². The highest BCUT2D eigenvalue weighted by molar-refractivity contribution is 6.01. The number of benzene rings is 2. The van der Waals surface area contributed by atoms with E-state index in [0.29, 0.717) is 11.3 Å². The van der Waals surface area contributed by atoms with Crippen LogP contribution in [0.4, 0.5) is 5.69 Å². The predicted molar refractivity (Wildman–Crippen MR) is 111 cm³/mol. The van der Waals surface area contributed by atoms with Gasteiger partial charge in [-0.1, -0.05) is 35.9 Å². The number of rotatable bonds is 7.